The van der Waals surface area contributed by atoms with Gasteiger partial charge in [-0.2, -0.15) is 13.2 Å². The number of nitrogens with zero attached hydrogens (tertiary/aromatic N) is 2. The molecule has 0 bridgehead atoms. The first-order chi connectivity index (χ1) is 9.91. The van der Waals surface area contributed by atoms with Gasteiger partial charge in [0.1, 0.15) is 10.7 Å². The van der Waals surface area contributed by atoms with Crippen molar-refractivity contribution in [3.63, 3.8) is 0 Å². The van der Waals surface area contributed by atoms with Crippen LogP contribution in [0.2, 0.25) is 0 Å². The van der Waals surface area contributed by atoms with Crippen molar-refractivity contribution < 1.29 is 13.2 Å². The predicted molar refractivity (Wildman–Crippen MR) is 77.4 cm³/mol. The number of fused-ring (bicyclic) bond motifs is 1. The Kier molecular flexibility index (Phi) is 3.50. The molecule has 0 saturated heterocycles. The lowest BCUT2D eigenvalue weighted by Gasteiger charge is -2.06. The van der Waals surface area contributed by atoms with Gasteiger partial charge in [-0.05, 0) is 42.1 Å². The molecule has 0 amide bonds. The molecular weight excluding hydrogens is 319 g/mol. The highest BCUT2D eigenvalue weighted by Crippen LogP contribution is 2.35. The number of hydrogen-bond donors (Lipinski definition) is 1. The van der Waals surface area contributed by atoms with E-state index in [1.165, 1.54) is 23.5 Å². The molecule has 3 rings (SSSR count). The Bertz CT molecular complexity index is 799. The van der Waals surface area contributed by atoms with Gasteiger partial charge in [0, 0.05) is 5.69 Å². The smallest absolute Gasteiger partial charge is 0.399 e. The highest BCUT2D eigenvalue weighted by atomic mass is 32.2. The summed E-state index contributed by atoms with van der Waals surface area (Å²) in [5.74, 6) is 0. The molecule has 8 heteroatoms. The van der Waals surface area contributed by atoms with Crippen molar-refractivity contribution in [1.29, 1.82) is 0 Å². The van der Waals surface area contributed by atoms with Crippen molar-refractivity contribution in [2.75, 3.05) is 5.73 Å². The topological polar surface area (TPSA) is 51.8 Å². The summed E-state index contributed by atoms with van der Waals surface area (Å²) in [5.41, 5.74) is 6.18. The Balaban J connectivity index is 1.91. The lowest BCUT2D eigenvalue weighted by Crippen LogP contribution is -2.07. The zero-order valence-corrected chi connectivity index (χ0v) is 12.0. The van der Waals surface area contributed by atoms with E-state index in [0.717, 1.165) is 28.0 Å². The number of anilines is 1. The van der Waals surface area contributed by atoms with Crippen LogP contribution in [0.1, 0.15) is 5.69 Å². The summed E-state index contributed by atoms with van der Waals surface area (Å²) < 4.78 is 39.4. The fourth-order valence-corrected chi connectivity index (χ4v) is 3.73. The third kappa shape index (κ3) is 3.11. The Morgan fingerprint density at radius 2 is 1.90 bits per heavy atom. The summed E-state index contributed by atoms with van der Waals surface area (Å²) >= 11 is 2.48. The van der Waals surface area contributed by atoms with Crippen molar-refractivity contribution in [2.24, 2.45) is 0 Å². The number of hydrogen-bond acceptors (Lipinski definition) is 5. The summed E-state index contributed by atoms with van der Waals surface area (Å²) in [6.45, 7) is 0. The lowest BCUT2D eigenvalue weighted by atomic mass is 10.3. The molecule has 0 aliphatic carbocycles. The molecule has 0 fully saturated rings. The zero-order valence-electron chi connectivity index (χ0n) is 10.4. The van der Waals surface area contributed by atoms with E-state index in [2.05, 4.69) is 9.97 Å². The first-order valence-corrected chi connectivity index (χ1v) is 7.43. The van der Waals surface area contributed by atoms with Crippen LogP contribution in [0.15, 0.2) is 45.8 Å². The van der Waals surface area contributed by atoms with Gasteiger partial charge in [0.15, 0.2) is 4.34 Å². The second-order valence-corrected chi connectivity index (χ2v) is 6.47. The maximum atomic E-state index is 12.6. The normalized spacial score (nSPS) is 12.0. The van der Waals surface area contributed by atoms with Gasteiger partial charge in [0.25, 0.3) is 0 Å². The zero-order chi connectivity index (χ0) is 15.0. The largest absolute Gasteiger partial charge is 0.433 e. The Morgan fingerprint density at radius 1 is 1.10 bits per heavy atom. The van der Waals surface area contributed by atoms with Gasteiger partial charge in [-0.25, -0.2) is 9.97 Å². The van der Waals surface area contributed by atoms with E-state index < -0.39 is 11.9 Å². The molecule has 2 heterocycles. The van der Waals surface area contributed by atoms with E-state index in [0.29, 0.717) is 10.0 Å². The van der Waals surface area contributed by atoms with Gasteiger partial charge in [-0.15, -0.1) is 11.3 Å². The van der Waals surface area contributed by atoms with Crippen LogP contribution in [-0.2, 0) is 6.18 Å². The number of nitrogens with two attached hydrogens (primary N) is 1. The fourth-order valence-electron chi connectivity index (χ4n) is 1.68. The van der Waals surface area contributed by atoms with E-state index in [1.54, 1.807) is 18.2 Å². The minimum Gasteiger partial charge on any atom is -0.399 e. The van der Waals surface area contributed by atoms with Gasteiger partial charge >= 0.3 is 6.18 Å². The molecule has 0 aliphatic heterocycles. The third-order valence-corrected chi connectivity index (χ3v) is 4.61. The second-order valence-electron chi connectivity index (χ2n) is 4.17. The van der Waals surface area contributed by atoms with Gasteiger partial charge in [-0.3, -0.25) is 0 Å². The van der Waals surface area contributed by atoms with Crippen molar-refractivity contribution in [2.45, 2.75) is 15.5 Å². The fraction of sp³-hybridized carbons (Fsp3) is 0.0769. The molecule has 0 unspecified atom stereocenters. The highest BCUT2D eigenvalue weighted by molar-refractivity contribution is 8.01. The Morgan fingerprint density at radius 3 is 2.67 bits per heavy atom. The number of aromatic nitrogens is 2. The lowest BCUT2D eigenvalue weighted by molar-refractivity contribution is -0.141. The van der Waals surface area contributed by atoms with Gasteiger partial charge in [-0.1, -0.05) is 6.07 Å². The van der Waals surface area contributed by atoms with Crippen molar-refractivity contribution in [3.05, 3.63) is 42.1 Å². The van der Waals surface area contributed by atoms with Crippen molar-refractivity contribution in [3.8, 4) is 0 Å². The molecular formula is C13H8F3N3S2. The first-order valence-electron chi connectivity index (χ1n) is 5.80. The Hall–Kier alpha value is -1.80. The van der Waals surface area contributed by atoms with Crippen LogP contribution in [0.5, 0.6) is 0 Å². The van der Waals surface area contributed by atoms with E-state index in [1.807, 2.05) is 0 Å². The number of alkyl halides is 3. The van der Waals surface area contributed by atoms with Crippen LogP contribution in [0.4, 0.5) is 18.9 Å². The average Bonchev–Trinajstić information content (AvgIpc) is 2.79. The van der Waals surface area contributed by atoms with E-state index in [4.69, 9.17) is 5.73 Å². The number of nitrogen functional groups attached to an aromatic ring is 1. The maximum Gasteiger partial charge on any atom is 0.433 e. The number of pyridine rings is 1. The van der Waals surface area contributed by atoms with Crippen LogP contribution in [0, 0.1) is 0 Å². The number of rotatable bonds is 2. The van der Waals surface area contributed by atoms with E-state index in [9.17, 15) is 13.2 Å². The summed E-state index contributed by atoms with van der Waals surface area (Å²) in [5, 5.41) is 0.261. The van der Waals surface area contributed by atoms with Gasteiger partial charge in [0.2, 0.25) is 0 Å². The molecule has 2 N–H and O–H groups in total. The average molecular weight is 327 g/mol. The molecule has 1 aromatic carbocycles. The van der Waals surface area contributed by atoms with Crippen molar-refractivity contribution in [1.82, 2.24) is 9.97 Å². The van der Waals surface area contributed by atoms with Crippen molar-refractivity contribution >= 4 is 39.0 Å². The quantitative estimate of drug-likeness (QED) is 0.707. The molecule has 0 radical (unpaired) electrons. The van der Waals surface area contributed by atoms with Crippen LogP contribution >= 0.6 is 23.1 Å². The number of halogens is 3. The summed E-state index contributed by atoms with van der Waals surface area (Å²) in [4.78, 5) is 7.95. The van der Waals surface area contributed by atoms with Crippen LogP contribution in [-0.4, -0.2) is 9.97 Å². The molecule has 0 spiro atoms. The minimum absolute atomic E-state index is 0.261. The molecule has 2 aromatic heterocycles. The molecule has 0 aliphatic rings. The monoisotopic (exact) mass is 327 g/mol. The van der Waals surface area contributed by atoms with Gasteiger partial charge in [0.05, 0.1) is 10.2 Å². The molecule has 3 aromatic rings. The standard InChI is InChI=1S/C13H8F3N3S2/c14-13(15,16)10-2-1-3-11(19-10)21-12-18-8-5-4-7(17)6-9(8)20-12/h1-6H,17H2. The summed E-state index contributed by atoms with van der Waals surface area (Å²) in [6, 6.07) is 9.12. The first kappa shape index (κ1) is 14.2. The third-order valence-electron chi connectivity index (χ3n) is 2.60. The predicted octanol–water partition coefficient (Wildman–Crippen LogP) is 4.44. The van der Waals surface area contributed by atoms with E-state index >= 15 is 0 Å². The number of benzene rings is 1. The van der Waals surface area contributed by atoms with E-state index in [-0.39, 0.29) is 5.03 Å². The van der Waals surface area contributed by atoms with Crippen LogP contribution in [0.25, 0.3) is 10.2 Å². The summed E-state index contributed by atoms with van der Waals surface area (Å²) in [6.07, 6.45) is -4.45. The van der Waals surface area contributed by atoms with Gasteiger partial charge < -0.3 is 5.73 Å². The molecule has 108 valence electrons. The SMILES string of the molecule is Nc1ccc2nc(Sc3cccc(C(F)(F)F)n3)sc2c1. The molecule has 0 atom stereocenters. The highest BCUT2D eigenvalue weighted by Gasteiger charge is 2.32. The molecule has 3 nitrogen and oxygen atoms in total. The maximum absolute atomic E-state index is 12.6. The summed E-state index contributed by atoms with van der Waals surface area (Å²) in [7, 11) is 0. The number of thiazole rings is 1. The van der Waals surface area contributed by atoms with Crippen LogP contribution in [0.3, 0.4) is 0 Å². The molecule has 21 heavy (non-hydrogen) atoms. The molecule has 0 saturated carbocycles. The van der Waals surface area contributed by atoms with Crippen LogP contribution < -0.4 is 5.73 Å². The minimum atomic E-state index is -4.45. The second kappa shape index (κ2) is 5.19. The Labute approximate surface area is 126 Å².